The van der Waals surface area contributed by atoms with E-state index in [1.165, 1.54) is 0 Å². The van der Waals surface area contributed by atoms with Gasteiger partial charge in [0, 0.05) is 13.1 Å². The Balaban J connectivity index is 2.30. The summed E-state index contributed by atoms with van der Waals surface area (Å²) in [6, 6.07) is -0.0828. The lowest BCUT2D eigenvalue weighted by molar-refractivity contribution is -0.190. The molecule has 1 aliphatic heterocycles. The van der Waals surface area contributed by atoms with E-state index >= 15 is 0 Å². The van der Waals surface area contributed by atoms with Crippen molar-refractivity contribution < 1.29 is 9.63 Å². The maximum absolute atomic E-state index is 11.4. The van der Waals surface area contributed by atoms with Crippen molar-refractivity contribution in [3.05, 3.63) is 0 Å². The number of nitrogens with zero attached hydrogens (tertiary/aromatic N) is 1. The maximum atomic E-state index is 11.4. The number of carbonyl (C=O) groups is 1. The Bertz CT molecular complexity index is 163. The third kappa shape index (κ3) is 2.97. The molecule has 1 atom stereocenters. The Morgan fingerprint density at radius 1 is 1.54 bits per heavy atom. The van der Waals surface area contributed by atoms with E-state index in [1.54, 1.807) is 5.06 Å². The Morgan fingerprint density at radius 2 is 2.23 bits per heavy atom. The van der Waals surface area contributed by atoms with Gasteiger partial charge in [-0.25, -0.2) is 4.79 Å². The van der Waals surface area contributed by atoms with Crippen molar-refractivity contribution in [2.75, 3.05) is 19.6 Å². The minimum atomic E-state index is -0.138. The lowest BCUT2D eigenvalue weighted by atomic mass is 10.2. The summed E-state index contributed by atoms with van der Waals surface area (Å²) in [5.74, 6) is -0.138. The minimum absolute atomic E-state index is 0.0828. The largest absolute Gasteiger partial charge is 0.366 e. The van der Waals surface area contributed by atoms with E-state index in [-0.39, 0.29) is 12.0 Å². The zero-order valence-corrected chi connectivity index (χ0v) is 8.38. The van der Waals surface area contributed by atoms with Gasteiger partial charge in [-0.3, -0.25) is 0 Å². The number of hydroxylamine groups is 2. The zero-order chi connectivity index (χ0) is 9.68. The minimum Gasteiger partial charge on any atom is -0.366 e. The van der Waals surface area contributed by atoms with Gasteiger partial charge >= 0.3 is 5.97 Å². The van der Waals surface area contributed by atoms with Crippen molar-refractivity contribution in [1.29, 1.82) is 0 Å². The Morgan fingerprint density at radius 3 is 2.69 bits per heavy atom. The molecule has 1 rings (SSSR count). The first-order valence-electron chi connectivity index (χ1n) is 4.98. The maximum Gasteiger partial charge on any atom is 0.341 e. The molecule has 0 aliphatic carbocycles. The Labute approximate surface area is 79.2 Å². The molecule has 76 valence electrons. The number of hydrogen-bond donors (Lipinski definition) is 1. The Hall–Kier alpha value is -0.610. The summed E-state index contributed by atoms with van der Waals surface area (Å²) in [7, 11) is 0. The van der Waals surface area contributed by atoms with Crippen LogP contribution in [0.2, 0.25) is 0 Å². The van der Waals surface area contributed by atoms with Crippen LogP contribution >= 0.6 is 0 Å². The van der Waals surface area contributed by atoms with Crippen molar-refractivity contribution in [2.45, 2.75) is 32.7 Å². The van der Waals surface area contributed by atoms with Crippen LogP contribution in [0.25, 0.3) is 0 Å². The van der Waals surface area contributed by atoms with Crippen molar-refractivity contribution in [2.24, 2.45) is 0 Å². The van der Waals surface area contributed by atoms with Gasteiger partial charge in [0.2, 0.25) is 0 Å². The fourth-order valence-corrected chi connectivity index (χ4v) is 1.43. The zero-order valence-electron chi connectivity index (χ0n) is 8.38. The monoisotopic (exact) mass is 186 g/mol. The second-order valence-corrected chi connectivity index (χ2v) is 3.17. The average molecular weight is 186 g/mol. The van der Waals surface area contributed by atoms with Gasteiger partial charge in [-0.05, 0) is 33.2 Å². The molecule has 0 aromatic carbocycles. The number of hydrogen-bond acceptors (Lipinski definition) is 4. The van der Waals surface area contributed by atoms with Crippen molar-refractivity contribution in [3.63, 3.8) is 0 Å². The fraction of sp³-hybridized carbons (Fsp3) is 0.889. The molecule has 0 aromatic rings. The third-order valence-electron chi connectivity index (χ3n) is 2.27. The third-order valence-corrected chi connectivity index (χ3v) is 2.27. The van der Waals surface area contributed by atoms with E-state index in [1.807, 2.05) is 13.8 Å². The first-order valence-corrected chi connectivity index (χ1v) is 4.98. The topological polar surface area (TPSA) is 41.6 Å². The summed E-state index contributed by atoms with van der Waals surface area (Å²) in [6.45, 7) is 6.36. The van der Waals surface area contributed by atoms with E-state index in [0.29, 0.717) is 0 Å². The van der Waals surface area contributed by atoms with E-state index in [9.17, 15) is 4.79 Å². The molecule has 1 aliphatic rings. The summed E-state index contributed by atoms with van der Waals surface area (Å²) in [6.07, 6.45) is 1.97. The number of nitrogens with one attached hydrogen (secondary N) is 1. The highest BCUT2D eigenvalue weighted by Gasteiger charge is 2.24. The highest BCUT2D eigenvalue weighted by Crippen LogP contribution is 2.07. The summed E-state index contributed by atoms with van der Waals surface area (Å²) >= 11 is 0. The van der Waals surface area contributed by atoms with E-state index in [0.717, 1.165) is 32.5 Å². The van der Waals surface area contributed by atoms with Gasteiger partial charge in [-0.1, -0.05) is 0 Å². The molecule has 0 spiro atoms. The van der Waals surface area contributed by atoms with Crippen LogP contribution in [0.5, 0.6) is 0 Å². The molecule has 0 aromatic heterocycles. The average Bonchev–Trinajstić information content (AvgIpc) is 2.66. The fourth-order valence-electron chi connectivity index (χ4n) is 1.43. The van der Waals surface area contributed by atoms with Crippen LogP contribution in [-0.4, -0.2) is 36.7 Å². The standard InChI is InChI=1S/C9H18N2O2/c1-3-11(4-2)13-9(12)8-6-5-7-10-8/h8,10H,3-7H2,1-2H3/t8-/m0/s1. The van der Waals surface area contributed by atoms with Crippen molar-refractivity contribution >= 4 is 5.97 Å². The Kier molecular flexibility index (Phi) is 4.18. The molecular formula is C9H18N2O2. The summed E-state index contributed by atoms with van der Waals surface area (Å²) in [4.78, 5) is 16.6. The molecule has 4 nitrogen and oxygen atoms in total. The van der Waals surface area contributed by atoms with Gasteiger partial charge < -0.3 is 10.2 Å². The van der Waals surface area contributed by atoms with Gasteiger partial charge in [0.05, 0.1) is 0 Å². The molecule has 13 heavy (non-hydrogen) atoms. The molecule has 1 fully saturated rings. The molecule has 1 N–H and O–H groups in total. The van der Waals surface area contributed by atoms with E-state index in [2.05, 4.69) is 5.32 Å². The van der Waals surface area contributed by atoms with Crippen LogP contribution in [0, 0.1) is 0 Å². The van der Waals surface area contributed by atoms with Crippen molar-refractivity contribution in [1.82, 2.24) is 10.4 Å². The van der Waals surface area contributed by atoms with Crippen LogP contribution in [0.15, 0.2) is 0 Å². The molecule has 1 saturated heterocycles. The van der Waals surface area contributed by atoms with Gasteiger partial charge in [0.25, 0.3) is 0 Å². The van der Waals surface area contributed by atoms with E-state index in [4.69, 9.17) is 4.84 Å². The van der Waals surface area contributed by atoms with Crippen LogP contribution in [-0.2, 0) is 9.63 Å². The number of carbonyl (C=O) groups excluding carboxylic acids is 1. The van der Waals surface area contributed by atoms with E-state index < -0.39 is 0 Å². The molecule has 0 bridgehead atoms. The molecule has 0 amide bonds. The van der Waals surface area contributed by atoms with Gasteiger partial charge in [0.1, 0.15) is 6.04 Å². The molecule has 0 radical (unpaired) electrons. The first kappa shape index (κ1) is 10.5. The van der Waals surface area contributed by atoms with Gasteiger partial charge in [-0.15, -0.1) is 5.06 Å². The SMILES string of the molecule is CCN(CC)OC(=O)[C@@H]1CCCN1. The van der Waals surface area contributed by atoms with Crippen LogP contribution in [0.1, 0.15) is 26.7 Å². The van der Waals surface area contributed by atoms with Gasteiger partial charge in [-0.2, -0.15) is 0 Å². The molecule has 1 heterocycles. The highest BCUT2D eigenvalue weighted by atomic mass is 16.7. The predicted molar refractivity (Wildman–Crippen MR) is 50.0 cm³/mol. The predicted octanol–water partition coefficient (Wildman–Crippen LogP) is 0.538. The molecule has 0 saturated carbocycles. The van der Waals surface area contributed by atoms with Crippen LogP contribution in [0.3, 0.4) is 0 Å². The first-order chi connectivity index (χ1) is 6.27. The lowest BCUT2D eigenvalue weighted by Crippen LogP contribution is -2.37. The second kappa shape index (κ2) is 5.19. The number of rotatable bonds is 4. The lowest BCUT2D eigenvalue weighted by Gasteiger charge is -2.19. The summed E-state index contributed by atoms with van der Waals surface area (Å²) in [5, 5.41) is 4.78. The summed E-state index contributed by atoms with van der Waals surface area (Å²) < 4.78 is 0. The molecule has 0 unspecified atom stereocenters. The molecule has 4 heteroatoms. The molecular weight excluding hydrogens is 168 g/mol. The second-order valence-electron chi connectivity index (χ2n) is 3.17. The normalized spacial score (nSPS) is 22.2. The smallest absolute Gasteiger partial charge is 0.341 e. The van der Waals surface area contributed by atoms with Gasteiger partial charge in [0.15, 0.2) is 0 Å². The van der Waals surface area contributed by atoms with Crippen LogP contribution in [0.4, 0.5) is 0 Å². The van der Waals surface area contributed by atoms with Crippen LogP contribution < -0.4 is 5.32 Å². The quantitative estimate of drug-likeness (QED) is 0.651. The van der Waals surface area contributed by atoms with Crippen molar-refractivity contribution in [3.8, 4) is 0 Å². The highest BCUT2D eigenvalue weighted by molar-refractivity contribution is 5.75. The summed E-state index contributed by atoms with van der Waals surface area (Å²) in [5.41, 5.74) is 0.